The Morgan fingerprint density at radius 3 is 2.75 bits per heavy atom. The van der Waals surface area contributed by atoms with Crippen LogP contribution in [0.4, 0.5) is 4.79 Å². The zero-order valence-corrected chi connectivity index (χ0v) is 10.4. The number of rotatable bonds is 0. The van der Waals surface area contributed by atoms with Crippen molar-refractivity contribution < 1.29 is 9.90 Å². The Labute approximate surface area is 97.0 Å². The van der Waals surface area contributed by atoms with Crippen LogP contribution < -0.4 is 5.32 Å². The van der Waals surface area contributed by atoms with E-state index in [9.17, 15) is 9.90 Å². The van der Waals surface area contributed by atoms with Crippen molar-refractivity contribution in [1.29, 1.82) is 0 Å². The normalized spacial score (nSPS) is 34.9. The highest BCUT2D eigenvalue weighted by Gasteiger charge is 2.50. The topological polar surface area (TPSA) is 52.6 Å². The zero-order valence-electron chi connectivity index (χ0n) is 10.4. The van der Waals surface area contributed by atoms with Gasteiger partial charge in [-0.1, -0.05) is 20.8 Å². The van der Waals surface area contributed by atoms with Gasteiger partial charge in [-0.15, -0.1) is 0 Å². The average molecular weight is 226 g/mol. The smallest absolute Gasteiger partial charge is 0.407 e. The molecule has 2 bridgehead atoms. The van der Waals surface area contributed by atoms with E-state index < -0.39 is 6.09 Å². The minimum absolute atomic E-state index is 0.104. The molecule has 0 aliphatic carbocycles. The van der Waals surface area contributed by atoms with Gasteiger partial charge in [0.05, 0.1) is 0 Å². The fourth-order valence-corrected chi connectivity index (χ4v) is 3.16. The minimum Gasteiger partial charge on any atom is -0.465 e. The van der Waals surface area contributed by atoms with E-state index in [4.69, 9.17) is 0 Å². The lowest BCUT2D eigenvalue weighted by Gasteiger charge is -2.55. The molecule has 2 N–H and O–H groups in total. The summed E-state index contributed by atoms with van der Waals surface area (Å²) in [5.41, 5.74) is 0.249. The highest BCUT2D eigenvalue weighted by molar-refractivity contribution is 5.65. The van der Waals surface area contributed by atoms with Gasteiger partial charge in [-0.3, -0.25) is 0 Å². The second-order valence-corrected chi connectivity index (χ2v) is 6.39. The van der Waals surface area contributed by atoms with Gasteiger partial charge in [0.15, 0.2) is 0 Å². The number of amides is 1. The quantitative estimate of drug-likeness (QED) is 0.660. The molecule has 0 aromatic rings. The van der Waals surface area contributed by atoms with Gasteiger partial charge in [0.1, 0.15) is 0 Å². The molecular weight excluding hydrogens is 204 g/mol. The van der Waals surface area contributed by atoms with E-state index >= 15 is 0 Å². The molecule has 2 rings (SSSR count). The molecule has 2 aliphatic rings. The fraction of sp³-hybridized carbons (Fsp3) is 0.917. The van der Waals surface area contributed by atoms with Crippen molar-refractivity contribution in [3.8, 4) is 0 Å². The lowest BCUT2D eigenvalue weighted by atomic mass is 9.59. The summed E-state index contributed by atoms with van der Waals surface area (Å²) < 4.78 is 0. The summed E-state index contributed by atoms with van der Waals surface area (Å²) in [6, 6.07) is 0. The largest absolute Gasteiger partial charge is 0.465 e. The highest BCUT2D eigenvalue weighted by atomic mass is 16.4. The molecule has 0 spiro atoms. The number of hydrogen-bond donors (Lipinski definition) is 2. The van der Waals surface area contributed by atoms with Crippen LogP contribution >= 0.6 is 0 Å². The molecule has 4 nitrogen and oxygen atoms in total. The van der Waals surface area contributed by atoms with Gasteiger partial charge in [0, 0.05) is 25.0 Å². The molecule has 2 unspecified atom stereocenters. The summed E-state index contributed by atoms with van der Waals surface area (Å²) >= 11 is 0. The summed E-state index contributed by atoms with van der Waals surface area (Å²) in [4.78, 5) is 12.8. The first-order valence-corrected chi connectivity index (χ1v) is 6.03. The monoisotopic (exact) mass is 226 g/mol. The van der Waals surface area contributed by atoms with Crippen LogP contribution in [0.5, 0.6) is 0 Å². The molecule has 16 heavy (non-hydrogen) atoms. The summed E-state index contributed by atoms with van der Waals surface area (Å²) in [6.07, 6.45) is 0.396. The third kappa shape index (κ3) is 1.79. The molecule has 4 heteroatoms. The molecule has 2 aliphatic heterocycles. The van der Waals surface area contributed by atoms with Gasteiger partial charge >= 0.3 is 6.09 Å². The van der Waals surface area contributed by atoms with Crippen LogP contribution in [0, 0.1) is 16.7 Å². The summed E-state index contributed by atoms with van der Waals surface area (Å²) in [7, 11) is 0. The molecule has 0 aromatic heterocycles. The molecule has 1 amide bonds. The van der Waals surface area contributed by atoms with Gasteiger partial charge in [-0.05, 0) is 24.3 Å². The number of nitrogens with one attached hydrogen (secondary N) is 1. The first-order chi connectivity index (χ1) is 7.34. The maximum Gasteiger partial charge on any atom is 0.407 e. The molecule has 92 valence electrons. The Kier molecular flexibility index (Phi) is 2.65. The van der Waals surface area contributed by atoms with Crippen LogP contribution in [0.3, 0.4) is 0 Å². The maximum absolute atomic E-state index is 11.2. The van der Waals surface area contributed by atoms with Gasteiger partial charge in [-0.25, -0.2) is 4.79 Å². The molecule has 2 fully saturated rings. The van der Waals surface area contributed by atoms with Crippen LogP contribution in [-0.4, -0.2) is 42.3 Å². The van der Waals surface area contributed by atoms with Crippen LogP contribution in [-0.2, 0) is 0 Å². The third-order valence-electron chi connectivity index (χ3n) is 4.41. The first-order valence-electron chi connectivity index (χ1n) is 6.03. The maximum atomic E-state index is 11.2. The molecule has 2 atom stereocenters. The Balaban J connectivity index is 2.26. The van der Waals surface area contributed by atoms with E-state index in [1.807, 2.05) is 0 Å². The van der Waals surface area contributed by atoms with Gasteiger partial charge in [-0.2, -0.15) is 0 Å². The molecule has 2 saturated heterocycles. The van der Waals surface area contributed by atoms with Crippen molar-refractivity contribution in [3.05, 3.63) is 0 Å². The second-order valence-electron chi connectivity index (χ2n) is 6.39. The molecular formula is C12H22N2O2. The van der Waals surface area contributed by atoms with Crippen LogP contribution in [0.1, 0.15) is 27.2 Å². The van der Waals surface area contributed by atoms with Crippen molar-refractivity contribution in [2.24, 2.45) is 16.7 Å². The molecule has 0 radical (unpaired) electrons. The standard InChI is InChI=1S/C12H22N2O2/c1-11(2,3)12-4-9(5-13-7-12)6-14(8-12)10(15)16/h9,13H,4-8H2,1-3H3,(H,15,16). The second kappa shape index (κ2) is 3.62. The van der Waals surface area contributed by atoms with Crippen molar-refractivity contribution in [2.75, 3.05) is 26.2 Å². The Hall–Kier alpha value is -0.770. The lowest BCUT2D eigenvalue weighted by molar-refractivity contribution is -0.0436. The fourth-order valence-electron chi connectivity index (χ4n) is 3.16. The SMILES string of the molecule is CC(C)(C)C12CNCC(CN(C(=O)O)C1)C2. The van der Waals surface area contributed by atoms with Gasteiger partial charge in [0.25, 0.3) is 0 Å². The number of fused-ring (bicyclic) bond motifs is 2. The van der Waals surface area contributed by atoms with Gasteiger partial charge < -0.3 is 15.3 Å². The van der Waals surface area contributed by atoms with Gasteiger partial charge in [0.2, 0.25) is 0 Å². The van der Waals surface area contributed by atoms with Crippen molar-refractivity contribution >= 4 is 6.09 Å². The highest BCUT2D eigenvalue weighted by Crippen LogP contribution is 2.48. The van der Waals surface area contributed by atoms with Crippen LogP contribution in [0.15, 0.2) is 0 Å². The Morgan fingerprint density at radius 1 is 1.50 bits per heavy atom. The van der Waals surface area contributed by atoms with E-state index in [2.05, 4.69) is 26.1 Å². The van der Waals surface area contributed by atoms with E-state index in [1.54, 1.807) is 4.90 Å². The first kappa shape index (κ1) is 11.7. The van der Waals surface area contributed by atoms with E-state index in [1.165, 1.54) is 0 Å². The summed E-state index contributed by atoms with van der Waals surface area (Å²) in [5.74, 6) is 0.484. The minimum atomic E-state index is -0.764. The Bertz CT molecular complexity index is 298. The Morgan fingerprint density at radius 2 is 2.19 bits per heavy atom. The molecule has 2 heterocycles. The van der Waals surface area contributed by atoms with Crippen LogP contribution in [0.25, 0.3) is 0 Å². The predicted molar refractivity (Wildman–Crippen MR) is 62.5 cm³/mol. The predicted octanol–water partition coefficient (Wildman–Crippen LogP) is 1.62. The summed E-state index contributed by atoms with van der Waals surface area (Å²) in [5, 5.41) is 12.7. The summed E-state index contributed by atoms with van der Waals surface area (Å²) in [6.45, 7) is 9.95. The number of likely N-dealkylation sites (tertiary alicyclic amines) is 1. The number of carbonyl (C=O) groups is 1. The van der Waals surface area contributed by atoms with Crippen molar-refractivity contribution in [2.45, 2.75) is 27.2 Å². The number of carboxylic acid groups (broad SMARTS) is 1. The van der Waals surface area contributed by atoms with E-state index in [0.29, 0.717) is 19.0 Å². The molecule has 0 aromatic carbocycles. The number of hydrogen-bond acceptors (Lipinski definition) is 2. The van der Waals surface area contributed by atoms with Crippen molar-refractivity contribution in [1.82, 2.24) is 10.2 Å². The number of piperidine rings is 2. The van der Waals surface area contributed by atoms with Crippen molar-refractivity contribution in [3.63, 3.8) is 0 Å². The molecule has 0 saturated carbocycles. The van der Waals surface area contributed by atoms with E-state index in [-0.39, 0.29) is 10.8 Å². The number of nitrogens with zero attached hydrogens (tertiary/aromatic N) is 1. The average Bonchev–Trinajstić information content (AvgIpc) is 2.15. The van der Waals surface area contributed by atoms with Crippen LogP contribution in [0.2, 0.25) is 0 Å². The van der Waals surface area contributed by atoms with E-state index in [0.717, 1.165) is 19.5 Å². The third-order valence-corrected chi connectivity index (χ3v) is 4.41. The lowest BCUT2D eigenvalue weighted by Crippen LogP contribution is -2.63. The zero-order chi connectivity index (χ0) is 12.0.